The molecule has 0 amide bonds. The summed E-state index contributed by atoms with van der Waals surface area (Å²) in [5.41, 5.74) is 5.34. The van der Waals surface area contributed by atoms with Crippen molar-refractivity contribution in [3.05, 3.63) is 58.7 Å². The highest BCUT2D eigenvalue weighted by Crippen LogP contribution is 2.47. The lowest BCUT2D eigenvalue weighted by Gasteiger charge is -2.36. The second-order valence-electron chi connectivity index (χ2n) is 7.83. The third kappa shape index (κ3) is 2.65. The SMILES string of the molecule is Cc1ccc2c(c1)[C@H]1CN(C)CC[C@@H]1N2S(=O)(=O)c1ccc(C)c(C)c1. The van der Waals surface area contributed by atoms with E-state index in [1.807, 2.05) is 32.0 Å². The summed E-state index contributed by atoms with van der Waals surface area (Å²) in [5.74, 6) is 0.241. The van der Waals surface area contributed by atoms with Crippen LogP contribution < -0.4 is 4.31 Å². The topological polar surface area (TPSA) is 40.6 Å². The first-order chi connectivity index (χ1) is 12.3. The fourth-order valence-electron chi connectivity index (χ4n) is 4.33. The van der Waals surface area contributed by atoms with E-state index in [4.69, 9.17) is 0 Å². The molecule has 0 radical (unpaired) electrons. The summed E-state index contributed by atoms with van der Waals surface area (Å²) in [6.07, 6.45) is 0.860. The van der Waals surface area contributed by atoms with Crippen molar-refractivity contribution in [2.45, 2.75) is 44.0 Å². The molecule has 0 spiro atoms. The van der Waals surface area contributed by atoms with Gasteiger partial charge in [0.25, 0.3) is 10.0 Å². The van der Waals surface area contributed by atoms with E-state index in [9.17, 15) is 8.42 Å². The number of hydrogen-bond acceptors (Lipinski definition) is 3. The summed E-state index contributed by atoms with van der Waals surface area (Å²) < 4.78 is 28.9. The molecule has 5 heteroatoms. The van der Waals surface area contributed by atoms with Gasteiger partial charge in [-0.25, -0.2) is 8.42 Å². The lowest BCUT2D eigenvalue weighted by Crippen LogP contribution is -2.47. The number of rotatable bonds is 2. The van der Waals surface area contributed by atoms with Crippen LogP contribution in [0, 0.1) is 20.8 Å². The first kappa shape index (κ1) is 17.6. The van der Waals surface area contributed by atoms with Crippen molar-refractivity contribution in [3.8, 4) is 0 Å². The molecule has 0 aliphatic carbocycles. The Morgan fingerprint density at radius 1 is 1.00 bits per heavy atom. The predicted octanol–water partition coefficient (Wildman–Crippen LogP) is 3.61. The van der Waals surface area contributed by atoms with Crippen LogP contribution in [0.4, 0.5) is 5.69 Å². The second kappa shape index (κ2) is 6.10. The van der Waals surface area contributed by atoms with Crippen molar-refractivity contribution in [3.63, 3.8) is 0 Å². The van der Waals surface area contributed by atoms with Gasteiger partial charge in [-0.2, -0.15) is 0 Å². The standard InChI is InChI=1S/C21H26N2O2S/c1-14-5-8-20-18(11-14)19-13-22(4)10-9-21(19)23(20)26(24,25)17-7-6-15(2)16(3)12-17/h5-8,11-12,19,21H,9-10,13H2,1-4H3/t19-,21+/m1/s1. The Kier molecular flexibility index (Phi) is 4.12. The number of piperidine rings is 1. The Balaban J connectivity index is 1.86. The van der Waals surface area contributed by atoms with Crippen LogP contribution in [0.15, 0.2) is 41.3 Å². The van der Waals surface area contributed by atoms with E-state index in [1.54, 1.807) is 16.4 Å². The maximum Gasteiger partial charge on any atom is 0.264 e. The first-order valence-electron chi connectivity index (χ1n) is 9.20. The van der Waals surface area contributed by atoms with Gasteiger partial charge in [0.2, 0.25) is 0 Å². The number of likely N-dealkylation sites (N-methyl/N-ethyl adjacent to an activating group) is 1. The molecule has 26 heavy (non-hydrogen) atoms. The lowest BCUT2D eigenvalue weighted by molar-refractivity contribution is 0.237. The molecule has 1 fully saturated rings. The van der Waals surface area contributed by atoms with E-state index in [1.165, 1.54) is 11.1 Å². The van der Waals surface area contributed by atoms with Crippen LogP contribution in [-0.2, 0) is 10.0 Å². The summed E-state index contributed by atoms with van der Waals surface area (Å²) in [6, 6.07) is 11.6. The minimum Gasteiger partial charge on any atom is -0.306 e. The zero-order chi connectivity index (χ0) is 18.6. The maximum atomic E-state index is 13.6. The van der Waals surface area contributed by atoms with Gasteiger partial charge in [-0.15, -0.1) is 0 Å². The summed E-state index contributed by atoms with van der Waals surface area (Å²) >= 11 is 0. The van der Waals surface area contributed by atoms with Crippen molar-refractivity contribution >= 4 is 15.7 Å². The van der Waals surface area contributed by atoms with E-state index in [0.717, 1.165) is 36.3 Å². The van der Waals surface area contributed by atoms with E-state index in [0.29, 0.717) is 4.90 Å². The summed E-state index contributed by atoms with van der Waals surface area (Å²) in [7, 11) is -1.46. The largest absolute Gasteiger partial charge is 0.306 e. The Morgan fingerprint density at radius 3 is 2.50 bits per heavy atom. The molecule has 0 unspecified atom stereocenters. The van der Waals surface area contributed by atoms with Crippen molar-refractivity contribution in [1.29, 1.82) is 0 Å². The lowest BCUT2D eigenvalue weighted by atomic mass is 9.89. The van der Waals surface area contributed by atoms with E-state index >= 15 is 0 Å². The molecule has 0 N–H and O–H groups in total. The first-order valence-corrected chi connectivity index (χ1v) is 10.6. The van der Waals surface area contributed by atoms with E-state index in [-0.39, 0.29) is 12.0 Å². The molecule has 2 aromatic rings. The zero-order valence-corrected chi connectivity index (χ0v) is 16.7. The monoisotopic (exact) mass is 370 g/mol. The zero-order valence-electron chi connectivity index (χ0n) is 15.9. The highest BCUT2D eigenvalue weighted by molar-refractivity contribution is 7.92. The normalized spacial score (nSPS) is 23.0. The van der Waals surface area contributed by atoms with Gasteiger partial charge in [-0.3, -0.25) is 4.31 Å². The maximum absolute atomic E-state index is 13.6. The highest BCUT2D eigenvalue weighted by Gasteiger charge is 2.46. The van der Waals surface area contributed by atoms with Crippen molar-refractivity contribution in [2.75, 3.05) is 24.4 Å². The van der Waals surface area contributed by atoms with Gasteiger partial charge in [-0.1, -0.05) is 23.8 Å². The fourth-order valence-corrected chi connectivity index (χ4v) is 6.16. The number of fused-ring (bicyclic) bond motifs is 3. The number of nitrogens with zero attached hydrogens (tertiary/aromatic N) is 2. The number of benzene rings is 2. The molecule has 2 aromatic carbocycles. The fraction of sp³-hybridized carbons (Fsp3) is 0.429. The quantitative estimate of drug-likeness (QED) is 0.811. The Labute approximate surface area is 156 Å². The number of sulfonamides is 1. The third-order valence-electron chi connectivity index (χ3n) is 5.94. The van der Waals surface area contributed by atoms with Crippen LogP contribution in [0.25, 0.3) is 0 Å². The van der Waals surface area contributed by atoms with E-state index < -0.39 is 10.0 Å². The molecule has 4 rings (SSSR count). The second-order valence-corrected chi connectivity index (χ2v) is 9.65. The van der Waals surface area contributed by atoms with Crippen LogP contribution in [0.1, 0.15) is 34.6 Å². The molecule has 0 bridgehead atoms. The van der Waals surface area contributed by atoms with Gasteiger partial charge in [0.15, 0.2) is 0 Å². The number of likely N-dealkylation sites (tertiary alicyclic amines) is 1. The third-order valence-corrected chi connectivity index (χ3v) is 7.77. The van der Waals surface area contributed by atoms with Gasteiger partial charge in [0.05, 0.1) is 16.6 Å². The molecule has 2 atom stereocenters. The predicted molar refractivity (Wildman–Crippen MR) is 105 cm³/mol. The summed E-state index contributed by atoms with van der Waals surface area (Å²) in [5, 5.41) is 0. The average molecular weight is 371 g/mol. The van der Waals surface area contributed by atoms with Crippen molar-refractivity contribution < 1.29 is 8.42 Å². The Hall–Kier alpha value is -1.85. The number of anilines is 1. The number of aryl methyl sites for hydroxylation is 3. The molecule has 2 aliphatic rings. The van der Waals surface area contributed by atoms with Gasteiger partial charge in [-0.05, 0) is 75.7 Å². The highest BCUT2D eigenvalue weighted by atomic mass is 32.2. The molecule has 0 aromatic heterocycles. The van der Waals surface area contributed by atoms with Crippen LogP contribution in [0.5, 0.6) is 0 Å². The van der Waals surface area contributed by atoms with Crippen LogP contribution in [0.2, 0.25) is 0 Å². The van der Waals surface area contributed by atoms with E-state index in [2.05, 4.69) is 24.9 Å². The molecular formula is C21H26N2O2S. The molecule has 2 aliphatic heterocycles. The number of hydrogen-bond donors (Lipinski definition) is 0. The van der Waals surface area contributed by atoms with Gasteiger partial charge in [0.1, 0.15) is 0 Å². The van der Waals surface area contributed by atoms with Crippen molar-refractivity contribution in [1.82, 2.24) is 4.90 Å². The average Bonchev–Trinajstić information content (AvgIpc) is 2.91. The van der Waals surface area contributed by atoms with Crippen molar-refractivity contribution in [2.24, 2.45) is 0 Å². The van der Waals surface area contributed by atoms with Crippen LogP contribution in [-0.4, -0.2) is 39.5 Å². The van der Waals surface area contributed by atoms with Gasteiger partial charge >= 0.3 is 0 Å². The molecule has 2 heterocycles. The van der Waals surface area contributed by atoms with Crippen LogP contribution >= 0.6 is 0 Å². The molecule has 1 saturated heterocycles. The summed E-state index contributed by atoms with van der Waals surface area (Å²) in [4.78, 5) is 2.70. The molecule has 4 nitrogen and oxygen atoms in total. The Bertz CT molecular complexity index is 968. The van der Waals surface area contributed by atoms with Crippen LogP contribution in [0.3, 0.4) is 0 Å². The minimum atomic E-state index is -3.58. The molecular weight excluding hydrogens is 344 g/mol. The smallest absolute Gasteiger partial charge is 0.264 e. The molecule has 138 valence electrons. The summed E-state index contributed by atoms with van der Waals surface area (Å²) in [6.45, 7) is 7.87. The Morgan fingerprint density at radius 2 is 1.77 bits per heavy atom. The van der Waals surface area contributed by atoms with Gasteiger partial charge < -0.3 is 4.90 Å². The minimum absolute atomic E-state index is 0.00890. The molecule has 0 saturated carbocycles. The van der Waals surface area contributed by atoms with Gasteiger partial charge in [0, 0.05) is 12.5 Å².